The van der Waals surface area contributed by atoms with Crippen LogP contribution >= 0.6 is 11.3 Å². The van der Waals surface area contributed by atoms with E-state index in [1.54, 1.807) is 11.3 Å². The Bertz CT molecular complexity index is 1280. The van der Waals surface area contributed by atoms with Gasteiger partial charge in [0, 0.05) is 35.8 Å². The number of fused-ring (bicyclic) bond motifs is 4. The van der Waals surface area contributed by atoms with Crippen molar-refractivity contribution in [2.24, 2.45) is 0 Å². The molecule has 0 bridgehead atoms. The van der Waals surface area contributed by atoms with Crippen molar-refractivity contribution in [2.75, 3.05) is 31.2 Å². The van der Waals surface area contributed by atoms with Gasteiger partial charge in [0.15, 0.2) is 5.60 Å². The fourth-order valence-corrected chi connectivity index (χ4v) is 5.79. The van der Waals surface area contributed by atoms with Gasteiger partial charge in [-0.1, -0.05) is 54.6 Å². The van der Waals surface area contributed by atoms with Crippen LogP contribution in [0.4, 0.5) is 5.69 Å². The molecule has 1 saturated heterocycles. The fourth-order valence-electron chi connectivity index (χ4n) is 4.68. The molecule has 1 fully saturated rings. The molecular weight excluding hydrogens is 390 g/mol. The van der Waals surface area contributed by atoms with Gasteiger partial charge in [-0.15, -0.1) is 11.3 Å². The molecule has 0 spiro atoms. The minimum Gasteiger partial charge on any atom is -0.477 e. The summed E-state index contributed by atoms with van der Waals surface area (Å²) in [6, 6.07) is 19.4. The lowest BCUT2D eigenvalue weighted by molar-refractivity contribution is 0.122. The Morgan fingerprint density at radius 1 is 0.933 bits per heavy atom. The molecule has 0 amide bonds. The van der Waals surface area contributed by atoms with Gasteiger partial charge in [0.1, 0.15) is 5.75 Å². The molecule has 30 heavy (non-hydrogen) atoms. The highest BCUT2D eigenvalue weighted by Gasteiger charge is 2.34. The van der Waals surface area contributed by atoms with Gasteiger partial charge in [-0.3, -0.25) is 0 Å². The third-order valence-electron chi connectivity index (χ3n) is 6.23. The summed E-state index contributed by atoms with van der Waals surface area (Å²) in [6.45, 7) is 5.53. The summed E-state index contributed by atoms with van der Waals surface area (Å²) in [4.78, 5) is 3.67. The maximum absolute atomic E-state index is 6.78. The van der Waals surface area contributed by atoms with Crippen LogP contribution in [0.3, 0.4) is 0 Å². The molecule has 0 aliphatic carbocycles. The van der Waals surface area contributed by atoms with Gasteiger partial charge in [-0.05, 0) is 34.5 Å². The zero-order chi connectivity index (χ0) is 20.1. The van der Waals surface area contributed by atoms with Gasteiger partial charge in [0.2, 0.25) is 0 Å². The van der Waals surface area contributed by atoms with E-state index in [4.69, 9.17) is 9.47 Å². The zero-order valence-electron chi connectivity index (χ0n) is 16.9. The van der Waals surface area contributed by atoms with Crippen molar-refractivity contribution in [1.82, 2.24) is 0 Å². The van der Waals surface area contributed by atoms with Gasteiger partial charge >= 0.3 is 0 Å². The fraction of sp³-hybridized carbons (Fsp3) is 0.231. The molecule has 0 radical (unpaired) electrons. The molecule has 2 aliphatic rings. The van der Waals surface area contributed by atoms with Gasteiger partial charge in [-0.25, -0.2) is 0 Å². The van der Waals surface area contributed by atoms with Crippen LogP contribution in [-0.2, 0) is 10.3 Å². The molecule has 1 aromatic heterocycles. The number of hydrogen-bond acceptors (Lipinski definition) is 4. The number of rotatable bonds is 2. The van der Waals surface area contributed by atoms with E-state index < -0.39 is 5.60 Å². The molecule has 1 atom stereocenters. The summed E-state index contributed by atoms with van der Waals surface area (Å²) < 4.78 is 12.4. The second kappa shape index (κ2) is 6.86. The van der Waals surface area contributed by atoms with Crippen molar-refractivity contribution in [1.29, 1.82) is 0 Å². The van der Waals surface area contributed by atoms with Gasteiger partial charge in [-0.2, -0.15) is 0 Å². The highest BCUT2D eigenvalue weighted by Crippen LogP contribution is 2.46. The normalized spacial score (nSPS) is 21.0. The third-order valence-corrected chi connectivity index (χ3v) is 7.46. The average molecular weight is 414 g/mol. The van der Waals surface area contributed by atoms with Crippen LogP contribution in [-0.4, -0.2) is 26.3 Å². The summed E-state index contributed by atoms with van der Waals surface area (Å²) in [6.07, 6.45) is 4.47. The lowest BCUT2D eigenvalue weighted by Crippen LogP contribution is -2.36. The first kappa shape index (κ1) is 18.0. The quantitative estimate of drug-likeness (QED) is 0.390. The van der Waals surface area contributed by atoms with Crippen LogP contribution in [0.2, 0.25) is 0 Å². The minimum atomic E-state index is -0.481. The van der Waals surface area contributed by atoms with Crippen LogP contribution in [0.1, 0.15) is 17.4 Å². The number of morpholine rings is 1. The molecule has 0 saturated carbocycles. The van der Waals surface area contributed by atoms with E-state index in [9.17, 15) is 0 Å². The Kier molecular flexibility index (Phi) is 4.12. The van der Waals surface area contributed by atoms with E-state index in [-0.39, 0.29) is 0 Å². The maximum Gasteiger partial charge on any atom is 0.159 e. The molecule has 6 rings (SSSR count). The van der Waals surface area contributed by atoms with Gasteiger partial charge in [0.25, 0.3) is 0 Å². The molecule has 3 heterocycles. The van der Waals surface area contributed by atoms with Crippen molar-refractivity contribution in [3.8, 4) is 5.75 Å². The van der Waals surface area contributed by atoms with Crippen LogP contribution in [0.15, 0.2) is 66.1 Å². The molecular formula is C26H23NO2S. The van der Waals surface area contributed by atoms with E-state index in [0.717, 1.165) is 32.1 Å². The number of nitrogens with zero attached hydrogens (tertiary/aromatic N) is 1. The Morgan fingerprint density at radius 2 is 1.67 bits per heavy atom. The summed E-state index contributed by atoms with van der Waals surface area (Å²) in [5.41, 5.74) is 1.92. The van der Waals surface area contributed by atoms with E-state index in [0.29, 0.717) is 0 Å². The standard InChI is InChI=1S/C26H23NO2S/c1-26(25-19-7-3-2-6-18(19)17-30-25)11-10-22-20-8-4-5-9-21(20)23(16-24(22)29-26)27-12-14-28-15-13-27/h2-11,16-17H,12-15H2,1H3. The summed E-state index contributed by atoms with van der Waals surface area (Å²) in [5, 5.41) is 7.28. The maximum atomic E-state index is 6.78. The van der Waals surface area contributed by atoms with Crippen LogP contribution in [0.5, 0.6) is 5.75 Å². The summed E-state index contributed by atoms with van der Waals surface area (Å²) in [5.74, 6) is 0.956. The monoisotopic (exact) mass is 413 g/mol. The smallest absolute Gasteiger partial charge is 0.159 e. The molecule has 3 nitrogen and oxygen atoms in total. The lowest BCUT2D eigenvalue weighted by atomic mass is 9.93. The van der Waals surface area contributed by atoms with Crippen LogP contribution < -0.4 is 9.64 Å². The van der Waals surface area contributed by atoms with E-state index in [2.05, 4.69) is 84.0 Å². The number of hydrogen-bond donors (Lipinski definition) is 0. The predicted octanol–water partition coefficient (Wildman–Crippen LogP) is 6.21. The van der Waals surface area contributed by atoms with E-state index in [1.165, 1.54) is 37.7 Å². The number of thiophene rings is 1. The van der Waals surface area contributed by atoms with Crippen molar-refractivity contribution >= 4 is 44.6 Å². The second-order valence-electron chi connectivity index (χ2n) is 8.15. The first-order chi connectivity index (χ1) is 14.7. The first-order valence-electron chi connectivity index (χ1n) is 10.5. The molecule has 1 unspecified atom stereocenters. The Morgan fingerprint density at radius 3 is 2.50 bits per heavy atom. The molecule has 3 aromatic carbocycles. The number of ether oxygens (including phenoxy) is 2. The van der Waals surface area contributed by atoms with Crippen molar-refractivity contribution < 1.29 is 9.47 Å². The third kappa shape index (κ3) is 2.75. The number of benzene rings is 3. The molecule has 4 aromatic rings. The van der Waals surface area contributed by atoms with Crippen molar-refractivity contribution in [3.05, 3.63) is 76.5 Å². The van der Waals surface area contributed by atoms with Crippen LogP contribution in [0, 0.1) is 0 Å². The Hall–Kier alpha value is -2.82. The number of anilines is 1. The Labute approximate surface area is 180 Å². The van der Waals surface area contributed by atoms with Crippen LogP contribution in [0.25, 0.3) is 27.6 Å². The average Bonchev–Trinajstić information content (AvgIpc) is 3.24. The Balaban J connectivity index is 1.51. The predicted molar refractivity (Wildman–Crippen MR) is 126 cm³/mol. The first-order valence-corrected chi connectivity index (χ1v) is 11.3. The summed E-state index contributed by atoms with van der Waals surface area (Å²) in [7, 11) is 0. The van der Waals surface area contributed by atoms with Gasteiger partial charge < -0.3 is 14.4 Å². The molecule has 0 N–H and O–H groups in total. The molecule has 4 heteroatoms. The SMILES string of the molecule is CC1(c2scc3ccccc23)C=Cc2c(cc(N3CCOCC3)c3ccccc23)O1. The van der Waals surface area contributed by atoms with E-state index >= 15 is 0 Å². The summed E-state index contributed by atoms with van der Waals surface area (Å²) >= 11 is 1.78. The zero-order valence-corrected chi connectivity index (χ0v) is 17.7. The van der Waals surface area contributed by atoms with Gasteiger partial charge in [0.05, 0.1) is 18.1 Å². The topological polar surface area (TPSA) is 21.7 Å². The second-order valence-corrected chi connectivity index (χ2v) is 9.03. The van der Waals surface area contributed by atoms with E-state index in [1.807, 2.05) is 0 Å². The van der Waals surface area contributed by atoms with Crippen molar-refractivity contribution in [3.63, 3.8) is 0 Å². The lowest BCUT2D eigenvalue weighted by Gasteiger charge is -2.35. The molecule has 2 aliphatic heterocycles. The molecule has 150 valence electrons. The highest BCUT2D eigenvalue weighted by molar-refractivity contribution is 7.11. The van der Waals surface area contributed by atoms with Crippen molar-refractivity contribution in [2.45, 2.75) is 12.5 Å². The highest BCUT2D eigenvalue weighted by atomic mass is 32.1. The minimum absolute atomic E-state index is 0.481. The largest absolute Gasteiger partial charge is 0.477 e.